The Morgan fingerprint density at radius 2 is 1.81 bits per heavy atom. The van der Waals surface area contributed by atoms with Crippen molar-refractivity contribution in [2.45, 2.75) is 17.9 Å². The molecule has 26 heavy (non-hydrogen) atoms. The maximum Gasteiger partial charge on any atom is 0.191 e. The van der Waals surface area contributed by atoms with Gasteiger partial charge in [-0.15, -0.1) is 0 Å². The standard InChI is InChI=1S/C19H25N3O3S/c1-20-19(22-14-16-5-4-6-17(13-16)25-2)21-12-11-15-7-9-18(10-8-15)26(3,23)24/h4-10,13H,11-12,14H2,1-3H3,(H2,20,21,22). The van der Waals surface area contributed by atoms with Crippen molar-refractivity contribution in [2.24, 2.45) is 4.99 Å². The number of nitrogens with zero attached hydrogens (tertiary/aromatic N) is 1. The molecular weight excluding hydrogens is 350 g/mol. The van der Waals surface area contributed by atoms with Crippen LogP contribution in [0.5, 0.6) is 5.75 Å². The summed E-state index contributed by atoms with van der Waals surface area (Å²) in [7, 11) is 0.222. The molecule has 0 fully saturated rings. The van der Waals surface area contributed by atoms with Crippen molar-refractivity contribution < 1.29 is 13.2 Å². The summed E-state index contributed by atoms with van der Waals surface area (Å²) in [6.07, 6.45) is 1.98. The minimum absolute atomic E-state index is 0.338. The van der Waals surface area contributed by atoms with E-state index in [1.54, 1.807) is 26.3 Å². The van der Waals surface area contributed by atoms with Gasteiger partial charge in [0.25, 0.3) is 0 Å². The molecule has 0 aromatic heterocycles. The molecule has 2 rings (SSSR count). The predicted octanol–water partition coefficient (Wildman–Crippen LogP) is 2.01. The third kappa shape index (κ3) is 6.07. The third-order valence-corrected chi connectivity index (χ3v) is 5.00. The van der Waals surface area contributed by atoms with Gasteiger partial charge in [-0.3, -0.25) is 4.99 Å². The van der Waals surface area contributed by atoms with Crippen LogP contribution in [0.1, 0.15) is 11.1 Å². The van der Waals surface area contributed by atoms with Crippen LogP contribution in [0.15, 0.2) is 58.4 Å². The first-order valence-electron chi connectivity index (χ1n) is 8.29. The number of aliphatic imine (C=N–C) groups is 1. The zero-order valence-corrected chi connectivity index (χ0v) is 16.1. The Bertz CT molecular complexity index is 847. The molecule has 0 heterocycles. The smallest absolute Gasteiger partial charge is 0.191 e. The van der Waals surface area contributed by atoms with Crippen molar-refractivity contribution in [1.82, 2.24) is 10.6 Å². The van der Waals surface area contributed by atoms with E-state index in [4.69, 9.17) is 4.74 Å². The van der Waals surface area contributed by atoms with Crippen LogP contribution in [-0.2, 0) is 22.8 Å². The Balaban J connectivity index is 1.81. The topological polar surface area (TPSA) is 79.8 Å². The molecule has 7 heteroatoms. The lowest BCUT2D eigenvalue weighted by Crippen LogP contribution is -2.37. The fourth-order valence-corrected chi connectivity index (χ4v) is 3.05. The van der Waals surface area contributed by atoms with Crippen LogP contribution in [0.2, 0.25) is 0 Å². The van der Waals surface area contributed by atoms with Crippen LogP contribution in [0, 0.1) is 0 Å². The minimum atomic E-state index is -3.15. The number of hydrogen-bond donors (Lipinski definition) is 2. The van der Waals surface area contributed by atoms with Gasteiger partial charge in [0.1, 0.15) is 5.75 Å². The molecule has 0 bridgehead atoms. The van der Waals surface area contributed by atoms with Crippen LogP contribution < -0.4 is 15.4 Å². The zero-order chi connectivity index (χ0) is 19.0. The molecular formula is C19H25N3O3S. The SMILES string of the molecule is CN=C(NCCc1ccc(S(C)(=O)=O)cc1)NCc1cccc(OC)c1. The average Bonchev–Trinajstić information content (AvgIpc) is 2.64. The Morgan fingerprint density at radius 1 is 1.08 bits per heavy atom. The number of benzene rings is 2. The Hall–Kier alpha value is -2.54. The van der Waals surface area contributed by atoms with Gasteiger partial charge in [-0.2, -0.15) is 0 Å². The molecule has 0 aliphatic rings. The number of methoxy groups -OCH3 is 1. The third-order valence-electron chi connectivity index (χ3n) is 3.88. The zero-order valence-electron chi connectivity index (χ0n) is 15.3. The van der Waals surface area contributed by atoms with Crippen LogP contribution in [0.3, 0.4) is 0 Å². The molecule has 0 amide bonds. The second-order valence-electron chi connectivity index (χ2n) is 5.87. The predicted molar refractivity (Wildman–Crippen MR) is 104 cm³/mol. The first kappa shape index (κ1) is 19.8. The minimum Gasteiger partial charge on any atom is -0.497 e. The summed E-state index contributed by atoms with van der Waals surface area (Å²) in [5, 5.41) is 6.51. The number of ether oxygens (including phenoxy) is 1. The first-order valence-corrected chi connectivity index (χ1v) is 10.2. The molecule has 140 valence electrons. The van der Waals surface area contributed by atoms with Gasteiger partial charge < -0.3 is 15.4 Å². The molecule has 0 saturated carbocycles. The van der Waals surface area contributed by atoms with Gasteiger partial charge in [-0.25, -0.2) is 8.42 Å². The van der Waals surface area contributed by atoms with Crippen LogP contribution in [0.25, 0.3) is 0 Å². The summed E-state index contributed by atoms with van der Waals surface area (Å²) >= 11 is 0. The van der Waals surface area contributed by atoms with Gasteiger partial charge in [-0.1, -0.05) is 24.3 Å². The lowest BCUT2D eigenvalue weighted by Gasteiger charge is -2.12. The van der Waals surface area contributed by atoms with Crippen LogP contribution in [-0.4, -0.2) is 41.3 Å². The van der Waals surface area contributed by atoms with Crippen LogP contribution in [0.4, 0.5) is 0 Å². The van der Waals surface area contributed by atoms with Crippen molar-refractivity contribution in [3.63, 3.8) is 0 Å². The molecule has 0 aliphatic heterocycles. The molecule has 0 spiro atoms. The van der Waals surface area contributed by atoms with E-state index in [0.29, 0.717) is 23.9 Å². The average molecular weight is 375 g/mol. The van der Waals surface area contributed by atoms with Crippen molar-refractivity contribution in [3.8, 4) is 5.75 Å². The second-order valence-corrected chi connectivity index (χ2v) is 7.89. The van der Waals surface area contributed by atoms with E-state index in [1.807, 2.05) is 36.4 Å². The number of guanidine groups is 1. The Labute approximate surface area is 155 Å². The van der Waals surface area contributed by atoms with E-state index in [1.165, 1.54) is 6.26 Å². The highest BCUT2D eigenvalue weighted by molar-refractivity contribution is 7.90. The van der Waals surface area contributed by atoms with Crippen molar-refractivity contribution in [2.75, 3.05) is 27.0 Å². The van der Waals surface area contributed by atoms with Crippen molar-refractivity contribution >= 4 is 15.8 Å². The van der Waals surface area contributed by atoms with Gasteiger partial charge in [0.05, 0.1) is 12.0 Å². The normalized spacial score (nSPS) is 11.9. The Kier molecular flexibility index (Phi) is 7.03. The lowest BCUT2D eigenvalue weighted by atomic mass is 10.1. The van der Waals surface area contributed by atoms with E-state index >= 15 is 0 Å². The largest absolute Gasteiger partial charge is 0.497 e. The molecule has 6 nitrogen and oxygen atoms in total. The van der Waals surface area contributed by atoms with Crippen molar-refractivity contribution in [1.29, 1.82) is 0 Å². The quantitative estimate of drug-likeness (QED) is 0.572. The van der Waals surface area contributed by atoms with Gasteiger partial charge in [0.2, 0.25) is 0 Å². The molecule has 0 saturated heterocycles. The molecule has 0 aliphatic carbocycles. The number of sulfone groups is 1. The lowest BCUT2D eigenvalue weighted by molar-refractivity contribution is 0.414. The highest BCUT2D eigenvalue weighted by Gasteiger charge is 2.06. The summed E-state index contributed by atoms with van der Waals surface area (Å²) in [5.41, 5.74) is 2.16. The van der Waals surface area contributed by atoms with Gasteiger partial charge >= 0.3 is 0 Å². The molecule has 2 N–H and O–H groups in total. The summed E-state index contributed by atoms with van der Waals surface area (Å²) in [6, 6.07) is 14.8. The molecule has 0 atom stereocenters. The van der Waals surface area contributed by atoms with E-state index in [9.17, 15) is 8.42 Å². The molecule has 0 radical (unpaired) electrons. The number of nitrogens with one attached hydrogen (secondary N) is 2. The summed E-state index contributed by atoms with van der Waals surface area (Å²) in [4.78, 5) is 4.55. The molecule has 2 aromatic carbocycles. The summed E-state index contributed by atoms with van der Waals surface area (Å²) in [6.45, 7) is 1.33. The first-order chi connectivity index (χ1) is 12.4. The summed E-state index contributed by atoms with van der Waals surface area (Å²) < 4.78 is 28.2. The van der Waals surface area contributed by atoms with E-state index in [0.717, 1.165) is 23.3 Å². The Morgan fingerprint density at radius 3 is 2.42 bits per heavy atom. The maximum atomic E-state index is 11.5. The fourth-order valence-electron chi connectivity index (χ4n) is 2.42. The molecule has 2 aromatic rings. The van der Waals surface area contributed by atoms with Gasteiger partial charge in [0, 0.05) is 26.4 Å². The second kappa shape index (κ2) is 9.24. The van der Waals surface area contributed by atoms with E-state index in [2.05, 4.69) is 15.6 Å². The number of hydrogen-bond acceptors (Lipinski definition) is 4. The highest BCUT2D eigenvalue weighted by atomic mass is 32.2. The van der Waals surface area contributed by atoms with E-state index in [-0.39, 0.29) is 0 Å². The highest BCUT2D eigenvalue weighted by Crippen LogP contribution is 2.12. The maximum absolute atomic E-state index is 11.5. The van der Waals surface area contributed by atoms with Crippen molar-refractivity contribution in [3.05, 3.63) is 59.7 Å². The van der Waals surface area contributed by atoms with Gasteiger partial charge in [0.15, 0.2) is 15.8 Å². The summed E-state index contributed by atoms with van der Waals surface area (Å²) in [5.74, 6) is 1.53. The van der Waals surface area contributed by atoms with E-state index < -0.39 is 9.84 Å². The fraction of sp³-hybridized carbons (Fsp3) is 0.316. The molecule has 0 unspecified atom stereocenters. The van der Waals surface area contributed by atoms with Gasteiger partial charge in [-0.05, 0) is 41.8 Å². The van der Waals surface area contributed by atoms with Crippen LogP contribution >= 0.6 is 0 Å². The number of rotatable bonds is 7. The monoisotopic (exact) mass is 375 g/mol.